The summed E-state index contributed by atoms with van der Waals surface area (Å²) in [6.45, 7) is 2.52. The van der Waals surface area contributed by atoms with Crippen LogP contribution in [0.5, 0.6) is 11.5 Å². The number of rotatable bonds is 4. The molecule has 0 aliphatic carbocycles. The van der Waals surface area contributed by atoms with Crippen LogP contribution in [0.2, 0.25) is 0 Å². The standard InChI is InChI=1S/C17H21N3O4/c1-11-9-13(19-24-11)15-5-4-8-20(15)17(21)18-14-10-12(22-2)6-7-16(14)23-3/h6-7,9-10,15H,4-5,8H2,1-3H3,(H,18,21). The Morgan fingerprint density at radius 1 is 1.33 bits per heavy atom. The second-order valence-corrected chi connectivity index (χ2v) is 5.71. The first-order valence-corrected chi connectivity index (χ1v) is 7.85. The van der Waals surface area contributed by atoms with E-state index in [0.717, 1.165) is 24.3 Å². The first kappa shape index (κ1) is 16.2. The summed E-state index contributed by atoms with van der Waals surface area (Å²) in [6.07, 6.45) is 1.80. The van der Waals surface area contributed by atoms with Crippen molar-refractivity contribution in [2.45, 2.75) is 25.8 Å². The van der Waals surface area contributed by atoms with E-state index in [1.807, 2.05) is 13.0 Å². The number of nitrogens with one attached hydrogen (secondary N) is 1. The number of ether oxygens (including phenoxy) is 2. The number of methoxy groups -OCH3 is 2. The summed E-state index contributed by atoms with van der Waals surface area (Å²) < 4.78 is 15.7. The number of anilines is 1. The fourth-order valence-electron chi connectivity index (χ4n) is 2.96. The number of nitrogens with zero attached hydrogens (tertiary/aromatic N) is 2. The summed E-state index contributed by atoms with van der Waals surface area (Å²) in [4.78, 5) is 14.5. The maximum Gasteiger partial charge on any atom is 0.322 e. The Balaban J connectivity index is 1.79. The second-order valence-electron chi connectivity index (χ2n) is 5.71. The quantitative estimate of drug-likeness (QED) is 0.929. The van der Waals surface area contributed by atoms with Gasteiger partial charge in [-0.15, -0.1) is 0 Å². The van der Waals surface area contributed by atoms with Crippen molar-refractivity contribution in [1.82, 2.24) is 10.1 Å². The van der Waals surface area contributed by atoms with Crippen LogP contribution in [0.15, 0.2) is 28.8 Å². The highest BCUT2D eigenvalue weighted by Crippen LogP contribution is 2.34. The fraction of sp³-hybridized carbons (Fsp3) is 0.412. The molecule has 1 fully saturated rings. The van der Waals surface area contributed by atoms with Crippen molar-refractivity contribution in [1.29, 1.82) is 0 Å². The van der Waals surface area contributed by atoms with Crippen LogP contribution in [-0.4, -0.2) is 36.9 Å². The Morgan fingerprint density at radius 2 is 2.17 bits per heavy atom. The highest BCUT2D eigenvalue weighted by molar-refractivity contribution is 5.91. The molecule has 1 aromatic carbocycles. The monoisotopic (exact) mass is 331 g/mol. The van der Waals surface area contributed by atoms with E-state index in [-0.39, 0.29) is 12.1 Å². The molecule has 1 aliphatic heterocycles. The van der Waals surface area contributed by atoms with Gasteiger partial charge in [0.25, 0.3) is 0 Å². The molecular weight excluding hydrogens is 310 g/mol. The number of benzene rings is 1. The number of aryl methyl sites for hydroxylation is 1. The van der Waals surface area contributed by atoms with Gasteiger partial charge in [-0.2, -0.15) is 0 Å². The molecule has 128 valence electrons. The van der Waals surface area contributed by atoms with E-state index in [1.165, 1.54) is 0 Å². The van der Waals surface area contributed by atoms with Crippen LogP contribution in [0.4, 0.5) is 10.5 Å². The Kier molecular flexibility index (Phi) is 4.59. The van der Waals surface area contributed by atoms with Gasteiger partial charge in [-0.1, -0.05) is 5.16 Å². The third kappa shape index (κ3) is 3.15. The number of likely N-dealkylation sites (tertiary alicyclic amines) is 1. The molecule has 1 unspecified atom stereocenters. The van der Waals surface area contributed by atoms with Gasteiger partial charge in [0.2, 0.25) is 0 Å². The maximum absolute atomic E-state index is 12.7. The molecule has 0 radical (unpaired) electrons. The van der Waals surface area contributed by atoms with Crippen LogP contribution in [0.1, 0.15) is 30.3 Å². The van der Waals surface area contributed by atoms with Crippen LogP contribution in [0.3, 0.4) is 0 Å². The van der Waals surface area contributed by atoms with Crippen molar-refractivity contribution in [3.05, 3.63) is 35.7 Å². The van der Waals surface area contributed by atoms with Gasteiger partial charge in [-0.3, -0.25) is 0 Å². The largest absolute Gasteiger partial charge is 0.497 e. The molecule has 0 bridgehead atoms. The molecule has 7 heteroatoms. The van der Waals surface area contributed by atoms with Gasteiger partial charge in [0.15, 0.2) is 0 Å². The fourth-order valence-corrected chi connectivity index (χ4v) is 2.96. The summed E-state index contributed by atoms with van der Waals surface area (Å²) in [6, 6.07) is 6.90. The molecule has 2 heterocycles. The number of amides is 2. The van der Waals surface area contributed by atoms with Gasteiger partial charge >= 0.3 is 6.03 Å². The van der Waals surface area contributed by atoms with E-state index in [1.54, 1.807) is 37.3 Å². The van der Waals surface area contributed by atoms with Gasteiger partial charge in [0, 0.05) is 18.7 Å². The number of carbonyl (C=O) groups is 1. The zero-order valence-corrected chi connectivity index (χ0v) is 14.0. The van der Waals surface area contributed by atoms with Gasteiger partial charge in [0.1, 0.15) is 23.0 Å². The topological polar surface area (TPSA) is 76.8 Å². The molecule has 1 aromatic heterocycles. The van der Waals surface area contributed by atoms with Crippen LogP contribution >= 0.6 is 0 Å². The number of urea groups is 1. The van der Waals surface area contributed by atoms with Crippen LogP contribution in [-0.2, 0) is 0 Å². The Bertz CT molecular complexity index is 728. The third-order valence-electron chi connectivity index (χ3n) is 4.15. The number of hydrogen-bond donors (Lipinski definition) is 1. The van der Waals surface area contributed by atoms with E-state index in [9.17, 15) is 4.79 Å². The SMILES string of the molecule is COc1ccc(OC)c(NC(=O)N2CCCC2c2cc(C)on2)c1. The maximum atomic E-state index is 12.7. The van der Waals surface area contributed by atoms with Crippen LogP contribution < -0.4 is 14.8 Å². The minimum atomic E-state index is -0.190. The van der Waals surface area contributed by atoms with Gasteiger partial charge < -0.3 is 24.2 Å². The summed E-state index contributed by atoms with van der Waals surface area (Å²) in [5.74, 6) is 1.97. The summed E-state index contributed by atoms with van der Waals surface area (Å²) >= 11 is 0. The second kappa shape index (κ2) is 6.82. The highest BCUT2D eigenvalue weighted by Gasteiger charge is 2.32. The molecule has 1 saturated heterocycles. The molecule has 1 N–H and O–H groups in total. The Morgan fingerprint density at radius 3 is 2.83 bits per heavy atom. The Hall–Kier alpha value is -2.70. The first-order valence-electron chi connectivity index (χ1n) is 7.85. The predicted molar refractivity (Wildman–Crippen MR) is 88.5 cm³/mol. The number of aromatic nitrogens is 1. The lowest BCUT2D eigenvalue weighted by molar-refractivity contribution is 0.204. The summed E-state index contributed by atoms with van der Waals surface area (Å²) in [7, 11) is 3.14. The van der Waals surface area contributed by atoms with Gasteiger partial charge in [-0.05, 0) is 31.9 Å². The minimum absolute atomic E-state index is 0.0703. The third-order valence-corrected chi connectivity index (χ3v) is 4.15. The lowest BCUT2D eigenvalue weighted by Crippen LogP contribution is -2.34. The average molecular weight is 331 g/mol. The molecule has 0 saturated carbocycles. The molecule has 2 aromatic rings. The van der Waals surface area contributed by atoms with E-state index in [0.29, 0.717) is 23.7 Å². The van der Waals surface area contributed by atoms with Crippen molar-refractivity contribution >= 4 is 11.7 Å². The molecule has 0 spiro atoms. The lowest BCUT2D eigenvalue weighted by atomic mass is 10.1. The van der Waals surface area contributed by atoms with Crippen molar-refractivity contribution in [2.75, 3.05) is 26.1 Å². The molecule has 24 heavy (non-hydrogen) atoms. The predicted octanol–water partition coefficient (Wildman–Crippen LogP) is 3.37. The van der Waals surface area contributed by atoms with E-state index >= 15 is 0 Å². The number of hydrogen-bond acceptors (Lipinski definition) is 5. The summed E-state index contributed by atoms with van der Waals surface area (Å²) in [5, 5.41) is 6.97. The molecule has 2 amide bonds. The van der Waals surface area contributed by atoms with Crippen LogP contribution in [0.25, 0.3) is 0 Å². The van der Waals surface area contributed by atoms with E-state index in [4.69, 9.17) is 14.0 Å². The van der Waals surface area contributed by atoms with Gasteiger partial charge in [-0.25, -0.2) is 4.79 Å². The van der Waals surface area contributed by atoms with Crippen molar-refractivity contribution < 1.29 is 18.8 Å². The molecule has 3 rings (SSSR count). The van der Waals surface area contributed by atoms with Crippen LogP contribution in [0, 0.1) is 6.92 Å². The highest BCUT2D eigenvalue weighted by atomic mass is 16.5. The number of carbonyl (C=O) groups excluding carboxylic acids is 1. The zero-order valence-electron chi connectivity index (χ0n) is 14.0. The van der Waals surface area contributed by atoms with Crippen molar-refractivity contribution in [2.24, 2.45) is 0 Å². The van der Waals surface area contributed by atoms with E-state index in [2.05, 4.69) is 10.5 Å². The zero-order chi connectivity index (χ0) is 17.1. The normalized spacial score (nSPS) is 17.0. The Labute approximate surface area is 140 Å². The molecule has 1 aliphatic rings. The van der Waals surface area contributed by atoms with Crippen molar-refractivity contribution in [3.8, 4) is 11.5 Å². The van der Waals surface area contributed by atoms with Gasteiger partial charge in [0.05, 0.1) is 25.9 Å². The minimum Gasteiger partial charge on any atom is -0.497 e. The van der Waals surface area contributed by atoms with E-state index < -0.39 is 0 Å². The summed E-state index contributed by atoms with van der Waals surface area (Å²) in [5.41, 5.74) is 1.36. The average Bonchev–Trinajstić information content (AvgIpc) is 3.23. The van der Waals surface area contributed by atoms with Crippen molar-refractivity contribution in [3.63, 3.8) is 0 Å². The molecule has 7 nitrogen and oxygen atoms in total. The lowest BCUT2D eigenvalue weighted by Gasteiger charge is -2.24. The molecule has 1 atom stereocenters. The smallest absolute Gasteiger partial charge is 0.322 e. The first-order chi connectivity index (χ1) is 11.6. The molecular formula is C17H21N3O4.